The van der Waals surface area contributed by atoms with E-state index in [4.69, 9.17) is 4.74 Å². The smallest absolute Gasteiger partial charge is 0.251 e. The van der Waals surface area contributed by atoms with E-state index >= 15 is 0 Å². The lowest BCUT2D eigenvalue weighted by atomic mass is 10.1. The number of hydrogen-bond donors (Lipinski definition) is 1. The van der Waals surface area contributed by atoms with Crippen LogP contribution in [0.25, 0.3) is 0 Å². The van der Waals surface area contributed by atoms with Gasteiger partial charge in [-0.1, -0.05) is 19.1 Å². The van der Waals surface area contributed by atoms with Crippen LogP contribution in [0.15, 0.2) is 48.5 Å². The molecule has 0 saturated carbocycles. The molecule has 2 aromatic rings. The molecular formula is C18H20FNO2. The average molecular weight is 301 g/mol. The number of ether oxygens (including phenoxy) is 1. The van der Waals surface area contributed by atoms with Crippen LogP contribution in [-0.2, 0) is 0 Å². The monoisotopic (exact) mass is 301 g/mol. The Morgan fingerprint density at radius 2 is 1.95 bits per heavy atom. The number of nitrogens with one attached hydrogen (secondary N) is 1. The Bertz CT molecular complexity index is 625. The molecule has 116 valence electrons. The van der Waals surface area contributed by atoms with Crippen molar-refractivity contribution in [2.75, 3.05) is 6.61 Å². The lowest BCUT2D eigenvalue weighted by Crippen LogP contribution is -2.38. The van der Waals surface area contributed by atoms with Gasteiger partial charge in [0.1, 0.15) is 18.2 Å². The molecule has 0 aliphatic heterocycles. The maximum Gasteiger partial charge on any atom is 0.251 e. The molecule has 22 heavy (non-hydrogen) atoms. The molecule has 0 heterocycles. The van der Waals surface area contributed by atoms with Crippen molar-refractivity contribution in [1.82, 2.24) is 5.32 Å². The summed E-state index contributed by atoms with van der Waals surface area (Å²) in [6.07, 6.45) is 0.749. The van der Waals surface area contributed by atoms with Crippen LogP contribution in [0.1, 0.15) is 29.3 Å². The van der Waals surface area contributed by atoms with Crippen LogP contribution >= 0.6 is 0 Å². The van der Waals surface area contributed by atoms with Crippen LogP contribution in [-0.4, -0.2) is 18.6 Å². The molecule has 3 nitrogen and oxygen atoms in total. The number of carbonyl (C=O) groups excluding carboxylic acids is 1. The first-order valence-corrected chi connectivity index (χ1v) is 7.34. The highest BCUT2D eigenvalue weighted by atomic mass is 19.1. The van der Waals surface area contributed by atoms with E-state index in [2.05, 4.69) is 5.32 Å². The molecule has 0 aliphatic carbocycles. The molecule has 0 aromatic heterocycles. The van der Waals surface area contributed by atoms with Gasteiger partial charge in [-0.05, 0) is 55.3 Å². The molecular weight excluding hydrogens is 281 g/mol. The van der Waals surface area contributed by atoms with Gasteiger partial charge in [0.05, 0.1) is 6.04 Å². The van der Waals surface area contributed by atoms with Crippen molar-refractivity contribution in [3.63, 3.8) is 0 Å². The van der Waals surface area contributed by atoms with Gasteiger partial charge in [-0.15, -0.1) is 0 Å². The van der Waals surface area contributed by atoms with E-state index in [9.17, 15) is 9.18 Å². The van der Waals surface area contributed by atoms with E-state index in [1.807, 2.05) is 38.1 Å². The van der Waals surface area contributed by atoms with Gasteiger partial charge in [-0.25, -0.2) is 4.39 Å². The summed E-state index contributed by atoms with van der Waals surface area (Å²) < 4.78 is 18.6. The standard InChI is InChI=1S/C18H20FNO2/c1-3-16(12-22-17-6-4-5-13(2)11-17)20-18(21)14-7-9-15(19)10-8-14/h4-11,16H,3,12H2,1-2H3,(H,20,21). The van der Waals surface area contributed by atoms with Crippen molar-refractivity contribution in [3.05, 3.63) is 65.5 Å². The van der Waals surface area contributed by atoms with Crippen molar-refractivity contribution in [1.29, 1.82) is 0 Å². The van der Waals surface area contributed by atoms with E-state index in [0.717, 1.165) is 17.7 Å². The summed E-state index contributed by atoms with van der Waals surface area (Å²) in [7, 11) is 0. The number of hydrogen-bond acceptors (Lipinski definition) is 2. The summed E-state index contributed by atoms with van der Waals surface area (Å²) in [4.78, 5) is 12.1. The van der Waals surface area contributed by atoms with Gasteiger partial charge < -0.3 is 10.1 Å². The third kappa shape index (κ3) is 4.58. The molecule has 1 atom stereocenters. The van der Waals surface area contributed by atoms with Gasteiger partial charge in [0, 0.05) is 5.56 Å². The molecule has 2 rings (SSSR count). The lowest BCUT2D eigenvalue weighted by Gasteiger charge is -2.18. The van der Waals surface area contributed by atoms with Crippen molar-refractivity contribution in [2.45, 2.75) is 26.3 Å². The zero-order chi connectivity index (χ0) is 15.9. The number of halogens is 1. The van der Waals surface area contributed by atoms with Crippen LogP contribution in [0.5, 0.6) is 5.75 Å². The van der Waals surface area contributed by atoms with E-state index in [-0.39, 0.29) is 17.8 Å². The fourth-order valence-corrected chi connectivity index (χ4v) is 2.03. The maximum absolute atomic E-state index is 12.9. The van der Waals surface area contributed by atoms with E-state index in [0.29, 0.717) is 12.2 Å². The normalized spacial score (nSPS) is 11.8. The topological polar surface area (TPSA) is 38.3 Å². The summed E-state index contributed by atoms with van der Waals surface area (Å²) >= 11 is 0. The highest BCUT2D eigenvalue weighted by molar-refractivity contribution is 5.94. The second-order valence-corrected chi connectivity index (χ2v) is 5.21. The van der Waals surface area contributed by atoms with Crippen LogP contribution in [0.3, 0.4) is 0 Å². The van der Waals surface area contributed by atoms with Crippen molar-refractivity contribution in [2.24, 2.45) is 0 Å². The highest BCUT2D eigenvalue weighted by Gasteiger charge is 2.13. The third-order valence-electron chi connectivity index (χ3n) is 3.38. The Morgan fingerprint density at radius 3 is 2.59 bits per heavy atom. The predicted molar refractivity (Wildman–Crippen MR) is 84.6 cm³/mol. The van der Waals surface area contributed by atoms with Crippen LogP contribution in [0, 0.1) is 12.7 Å². The highest BCUT2D eigenvalue weighted by Crippen LogP contribution is 2.13. The Kier molecular flexibility index (Phi) is 5.53. The fourth-order valence-electron chi connectivity index (χ4n) is 2.03. The molecule has 1 N–H and O–H groups in total. The van der Waals surface area contributed by atoms with Crippen LogP contribution in [0.2, 0.25) is 0 Å². The second-order valence-electron chi connectivity index (χ2n) is 5.21. The lowest BCUT2D eigenvalue weighted by molar-refractivity contribution is 0.0920. The molecule has 0 fully saturated rings. The first-order valence-electron chi connectivity index (χ1n) is 7.34. The minimum Gasteiger partial charge on any atom is -0.491 e. The Morgan fingerprint density at radius 1 is 1.23 bits per heavy atom. The molecule has 2 aromatic carbocycles. The van der Waals surface area contributed by atoms with Crippen LogP contribution < -0.4 is 10.1 Å². The molecule has 1 unspecified atom stereocenters. The molecule has 0 saturated heterocycles. The first kappa shape index (κ1) is 16.0. The number of aryl methyl sites for hydroxylation is 1. The fraction of sp³-hybridized carbons (Fsp3) is 0.278. The summed E-state index contributed by atoms with van der Waals surface area (Å²) in [5, 5.41) is 2.90. The maximum atomic E-state index is 12.9. The van der Waals surface area contributed by atoms with Crippen molar-refractivity contribution >= 4 is 5.91 Å². The van der Waals surface area contributed by atoms with E-state index in [1.54, 1.807) is 0 Å². The Hall–Kier alpha value is -2.36. The Labute approximate surface area is 130 Å². The zero-order valence-electron chi connectivity index (χ0n) is 12.8. The third-order valence-corrected chi connectivity index (χ3v) is 3.38. The van der Waals surface area contributed by atoms with Gasteiger partial charge in [-0.3, -0.25) is 4.79 Å². The predicted octanol–water partition coefficient (Wildman–Crippen LogP) is 3.72. The van der Waals surface area contributed by atoms with E-state index in [1.165, 1.54) is 24.3 Å². The molecule has 1 amide bonds. The van der Waals surface area contributed by atoms with Crippen LogP contribution in [0.4, 0.5) is 4.39 Å². The number of benzene rings is 2. The molecule has 0 bridgehead atoms. The molecule has 0 spiro atoms. The van der Waals surface area contributed by atoms with E-state index < -0.39 is 0 Å². The second kappa shape index (κ2) is 7.59. The summed E-state index contributed by atoms with van der Waals surface area (Å²) in [6.45, 7) is 4.38. The van der Waals surface area contributed by atoms with Crippen molar-refractivity contribution in [3.8, 4) is 5.75 Å². The summed E-state index contributed by atoms with van der Waals surface area (Å²) in [6, 6.07) is 13.2. The minimum atomic E-state index is -0.355. The quantitative estimate of drug-likeness (QED) is 0.883. The minimum absolute atomic E-state index is 0.0990. The summed E-state index contributed by atoms with van der Waals surface area (Å²) in [5.41, 5.74) is 1.57. The molecule has 0 aliphatic rings. The number of carbonyl (C=O) groups is 1. The number of amides is 1. The first-order chi connectivity index (χ1) is 10.6. The molecule has 4 heteroatoms. The zero-order valence-corrected chi connectivity index (χ0v) is 12.8. The molecule has 0 radical (unpaired) electrons. The largest absolute Gasteiger partial charge is 0.491 e. The average Bonchev–Trinajstić information content (AvgIpc) is 2.52. The Balaban J connectivity index is 1.91. The summed E-state index contributed by atoms with van der Waals surface area (Å²) in [5.74, 6) is 0.209. The number of rotatable bonds is 6. The van der Waals surface area contributed by atoms with Gasteiger partial charge in [0.15, 0.2) is 0 Å². The van der Waals surface area contributed by atoms with Crippen molar-refractivity contribution < 1.29 is 13.9 Å². The SMILES string of the molecule is CCC(COc1cccc(C)c1)NC(=O)c1ccc(F)cc1. The van der Waals surface area contributed by atoms with Gasteiger partial charge >= 0.3 is 0 Å². The van der Waals surface area contributed by atoms with Gasteiger partial charge in [-0.2, -0.15) is 0 Å². The van der Waals surface area contributed by atoms with Gasteiger partial charge in [0.2, 0.25) is 0 Å². The van der Waals surface area contributed by atoms with Gasteiger partial charge in [0.25, 0.3) is 5.91 Å².